The summed E-state index contributed by atoms with van der Waals surface area (Å²) in [6.07, 6.45) is 5.34. The van der Waals surface area contributed by atoms with Gasteiger partial charge in [-0.05, 0) is 18.2 Å². The van der Waals surface area contributed by atoms with Crippen LogP contribution < -0.4 is 11.1 Å². The van der Waals surface area contributed by atoms with E-state index in [1.165, 1.54) is 12.1 Å². The van der Waals surface area contributed by atoms with Gasteiger partial charge in [0.2, 0.25) is 0 Å². The molecule has 0 aliphatic carbocycles. The number of nitrogens with zero attached hydrogens (tertiary/aromatic N) is 2. The Balaban J connectivity index is 1.89. The fraction of sp³-hybridized carbons (Fsp3) is 0.182. The lowest BCUT2D eigenvalue weighted by molar-refractivity contribution is 0.628. The Hall–Kier alpha value is -2.04. The third-order valence-corrected chi connectivity index (χ3v) is 2.18. The fourth-order valence-electron chi connectivity index (χ4n) is 1.46. The van der Waals surface area contributed by atoms with Crippen LogP contribution in [-0.2, 0) is 6.54 Å². The maximum Gasteiger partial charge on any atom is 0.127 e. The molecule has 0 spiro atoms. The highest BCUT2D eigenvalue weighted by atomic mass is 19.1. The van der Waals surface area contributed by atoms with Crippen molar-refractivity contribution >= 4 is 11.4 Å². The fourth-order valence-corrected chi connectivity index (χ4v) is 1.46. The summed E-state index contributed by atoms with van der Waals surface area (Å²) in [4.78, 5) is 3.93. The Morgan fingerprint density at radius 1 is 1.38 bits per heavy atom. The Morgan fingerprint density at radius 3 is 2.94 bits per heavy atom. The van der Waals surface area contributed by atoms with E-state index in [0.29, 0.717) is 17.9 Å². The van der Waals surface area contributed by atoms with Gasteiger partial charge in [0.15, 0.2) is 0 Å². The van der Waals surface area contributed by atoms with Crippen molar-refractivity contribution in [2.24, 2.45) is 0 Å². The summed E-state index contributed by atoms with van der Waals surface area (Å²) >= 11 is 0. The van der Waals surface area contributed by atoms with Gasteiger partial charge in [-0.15, -0.1) is 0 Å². The lowest BCUT2D eigenvalue weighted by Crippen LogP contribution is -2.09. The summed E-state index contributed by atoms with van der Waals surface area (Å²) in [5.74, 6) is -0.329. The van der Waals surface area contributed by atoms with Crippen molar-refractivity contribution in [3.8, 4) is 0 Å². The number of nitrogen functional groups attached to an aromatic ring is 1. The maximum atomic E-state index is 13.0. The second kappa shape index (κ2) is 4.65. The zero-order valence-electron chi connectivity index (χ0n) is 8.73. The molecule has 0 amide bonds. The first-order valence-corrected chi connectivity index (χ1v) is 5.00. The van der Waals surface area contributed by atoms with Crippen LogP contribution in [0.1, 0.15) is 0 Å². The quantitative estimate of drug-likeness (QED) is 0.771. The van der Waals surface area contributed by atoms with Gasteiger partial charge in [0.05, 0.1) is 6.33 Å². The highest BCUT2D eigenvalue weighted by Crippen LogP contribution is 2.14. The molecule has 5 heteroatoms. The van der Waals surface area contributed by atoms with Crippen LogP contribution in [0.25, 0.3) is 0 Å². The molecule has 0 aliphatic heterocycles. The smallest absolute Gasteiger partial charge is 0.127 e. The largest absolute Gasteiger partial charge is 0.399 e. The monoisotopic (exact) mass is 220 g/mol. The number of rotatable bonds is 4. The van der Waals surface area contributed by atoms with Crippen molar-refractivity contribution in [3.05, 3.63) is 42.7 Å². The van der Waals surface area contributed by atoms with Crippen molar-refractivity contribution < 1.29 is 4.39 Å². The molecule has 0 unspecified atom stereocenters. The molecule has 16 heavy (non-hydrogen) atoms. The van der Waals surface area contributed by atoms with Crippen LogP contribution in [0, 0.1) is 5.82 Å². The van der Waals surface area contributed by atoms with Crippen LogP contribution in [-0.4, -0.2) is 16.1 Å². The normalized spacial score (nSPS) is 10.3. The molecule has 0 saturated heterocycles. The first-order chi connectivity index (χ1) is 7.74. The number of halogens is 1. The second-order valence-electron chi connectivity index (χ2n) is 3.50. The molecule has 0 radical (unpaired) electrons. The van der Waals surface area contributed by atoms with Gasteiger partial charge in [-0.25, -0.2) is 9.37 Å². The first-order valence-electron chi connectivity index (χ1n) is 5.00. The minimum Gasteiger partial charge on any atom is -0.399 e. The molecule has 3 N–H and O–H groups in total. The number of nitrogens with two attached hydrogens (primary N) is 1. The molecule has 1 aromatic heterocycles. The lowest BCUT2D eigenvalue weighted by Gasteiger charge is -2.07. The second-order valence-corrected chi connectivity index (χ2v) is 3.50. The summed E-state index contributed by atoms with van der Waals surface area (Å²) < 4.78 is 14.9. The molecule has 84 valence electrons. The van der Waals surface area contributed by atoms with Gasteiger partial charge in [-0.2, -0.15) is 0 Å². The molecule has 0 fully saturated rings. The van der Waals surface area contributed by atoms with Crippen LogP contribution in [0.2, 0.25) is 0 Å². The van der Waals surface area contributed by atoms with Crippen molar-refractivity contribution in [3.63, 3.8) is 0 Å². The molecular weight excluding hydrogens is 207 g/mol. The van der Waals surface area contributed by atoms with Gasteiger partial charge >= 0.3 is 0 Å². The third kappa shape index (κ3) is 2.73. The van der Waals surface area contributed by atoms with Crippen molar-refractivity contribution in [1.82, 2.24) is 9.55 Å². The molecule has 2 rings (SSSR count). The van der Waals surface area contributed by atoms with Crippen LogP contribution in [0.4, 0.5) is 15.8 Å². The summed E-state index contributed by atoms with van der Waals surface area (Å²) in [5.41, 5.74) is 6.64. The zero-order chi connectivity index (χ0) is 11.4. The van der Waals surface area contributed by atoms with Crippen molar-refractivity contribution in [2.45, 2.75) is 6.54 Å². The van der Waals surface area contributed by atoms with E-state index in [1.807, 2.05) is 10.8 Å². The van der Waals surface area contributed by atoms with Gasteiger partial charge in [0, 0.05) is 36.9 Å². The van der Waals surface area contributed by atoms with E-state index in [2.05, 4.69) is 10.3 Å². The number of aromatic nitrogens is 2. The zero-order valence-corrected chi connectivity index (χ0v) is 8.73. The maximum absolute atomic E-state index is 13.0. The molecule has 2 aromatic rings. The van der Waals surface area contributed by atoms with E-state index < -0.39 is 0 Å². The summed E-state index contributed by atoms with van der Waals surface area (Å²) in [6, 6.07) is 4.42. The summed E-state index contributed by atoms with van der Waals surface area (Å²) in [5, 5.41) is 3.10. The molecule has 0 bridgehead atoms. The molecule has 0 atom stereocenters. The number of imidazole rings is 1. The SMILES string of the molecule is Nc1cc(F)cc(NCCn2ccnc2)c1. The molecule has 1 heterocycles. The van der Waals surface area contributed by atoms with E-state index in [4.69, 9.17) is 5.73 Å². The van der Waals surface area contributed by atoms with E-state index in [0.717, 1.165) is 6.54 Å². The average Bonchev–Trinajstić information content (AvgIpc) is 2.69. The average molecular weight is 220 g/mol. The van der Waals surface area contributed by atoms with Crippen LogP contribution in [0.5, 0.6) is 0 Å². The third-order valence-electron chi connectivity index (χ3n) is 2.18. The van der Waals surface area contributed by atoms with Crippen molar-refractivity contribution in [1.29, 1.82) is 0 Å². The van der Waals surface area contributed by atoms with Crippen LogP contribution in [0.3, 0.4) is 0 Å². The highest BCUT2D eigenvalue weighted by molar-refractivity contribution is 5.54. The van der Waals surface area contributed by atoms with Gasteiger partial charge in [0.1, 0.15) is 5.82 Å². The predicted molar refractivity (Wildman–Crippen MR) is 61.5 cm³/mol. The molecule has 1 aromatic carbocycles. The Morgan fingerprint density at radius 2 is 2.25 bits per heavy atom. The molecule has 0 aliphatic rings. The Bertz CT molecular complexity index is 433. The minimum absolute atomic E-state index is 0.329. The van der Waals surface area contributed by atoms with Gasteiger partial charge in [-0.1, -0.05) is 0 Å². The van der Waals surface area contributed by atoms with Crippen molar-refractivity contribution in [2.75, 3.05) is 17.6 Å². The Kier molecular flexibility index (Phi) is 3.05. The van der Waals surface area contributed by atoms with Gasteiger partial charge in [-0.3, -0.25) is 0 Å². The number of nitrogens with one attached hydrogen (secondary N) is 1. The summed E-state index contributed by atoms with van der Waals surface area (Å²) in [6.45, 7) is 1.47. The summed E-state index contributed by atoms with van der Waals surface area (Å²) in [7, 11) is 0. The van der Waals surface area contributed by atoms with Crippen LogP contribution >= 0.6 is 0 Å². The number of hydrogen-bond acceptors (Lipinski definition) is 3. The molecular formula is C11H13FN4. The lowest BCUT2D eigenvalue weighted by atomic mass is 10.2. The van der Waals surface area contributed by atoms with E-state index in [1.54, 1.807) is 18.6 Å². The first kappa shape index (κ1) is 10.5. The number of benzene rings is 1. The number of anilines is 2. The van der Waals surface area contributed by atoms with E-state index >= 15 is 0 Å². The number of hydrogen-bond donors (Lipinski definition) is 2. The Labute approximate surface area is 92.9 Å². The molecule has 0 saturated carbocycles. The van der Waals surface area contributed by atoms with E-state index in [-0.39, 0.29) is 5.82 Å². The van der Waals surface area contributed by atoms with Gasteiger partial charge < -0.3 is 15.6 Å². The topological polar surface area (TPSA) is 55.9 Å². The highest BCUT2D eigenvalue weighted by Gasteiger charge is 1.97. The standard InChI is InChI=1S/C11H13FN4/c12-9-5-10(13)7-11(6-9)15-2-4-16-3-1-14-8-16/h1,3,5-8,15H,2,4,13H2. The minimum atomic E-state index is -0.329. The van der Waals surface area contributed by atoms with Crippen LogP contribution in [0.15, 0.2) is 36.9 Å². The predicted octanol–water partition coefficient (Wildman–Crippen LogP) is 1.72. The van der Waals surface area contributed by atoms with E-state index in [9.17, 15) is 4.39 Å². The van der Waals surface area contributed by atoms with Gasteiger partial charge in [0.25, 0.3) is 0 Å². The molecule has 4 nitrogen and oxygen atoms in total.